The maximum Gasteiger partial charge on any atom is 0.423 e. The number of nitrogens with zero attached hydrogens (tertiary/aromatic N) is 2. The predicted octanol–water partition coefficient (Wildman–Crippen LogP) is 4.53. The fourth-order valence-corrected chi connectivity index (χ4v) is 4.21. The van der Waals surface area contributed by atoms with Gasteiger partial charge in [0.2, 0.25) is 5.60 Å². The van der Waals surface area contributed by atoms with Gasteiger partial charge in [0.1, 0.15) is 5.01 Å². The van der Waals surface area contributed by atoms with E-state index in [2.05, 4.69) is 9.72 Å². The van der Waals surface area contributed by atoms with Gasteiger partial charge in [-0.25, -0.2) is 4.98 Å². The van der Waals surface area contributed by atoms with Crippen LogP contribution in [0.2, 0.25) is 0 Å². The Balaban J connectivity index is 2.08. The number of pyridine rings is 1. The first-order chi connectivity index (χ1) is 15.4. The molecule has 0 aliphatic rings. The lowest BCUT2D eigenvalue weighted by molar-refractivity contribution is -0.614. The second kappa shape index (κ2) is 9.48. The van der Waals surface area contributed by atoms with Gasteiger partial charge in [0.25, 0.3) is 0 Å². The molecule has 0 aliphatic heterocycles. The molecule has 1 N–H and O–H groups in total. The largest absolute Gasteiger partial charge is 0.619 e. The van der Waals surface area contributed by atoms with Crippen molar-refractivity contribution in [1.82, 2.24) is 4.98 Å². The van der Waals surface area contributed by atoms with Crippen LogP contribution in [0.1, 0.15) is 34.0 Å². The monoisotopic (exact) mass is 490 g/mol. The minimum atomic E-state index is -4.95. The zero-order valence-electron chi connectivity index (χ0n) is 17.3. The summed E-state index contributed by atoms with van der Waals surface area (Å²) in [5, 5.41) is 21.6. The molecule has 0 aliphatic carbocycles. The number of thiazole rings is 1. The van der Waals surface area contributed by atoms with Crippen LogP contribution in [0.15, 0.2) is 48.8 Å². The summed E-state index contributed by atoms with van der Waals surface area (Å²) in [4.78, 5) is 4.09. The first kappa shape index (κ1) is 24.6. The van der Waals surface area contributed by atoms with E-state index in [-0.39, 0.29) is 17.9 Å². The number of halogens is 5. The molecule has 0 bridgehead atoms. The van der Waals surface area contributed by atoms with Gasteiger partial charge in [0.15, 0.2) is 23.4 Å². The fraction of sp³-hybridized carbons (Fsp3) is 0.333. The van der Waals surface area contributed by atoms with Crippen molar-refractivity contribution in [2.45, 2.75) is 37.7 Å². The third-order valence-electron chi connectivity index (χ3n) is 4.96. The average molecular weight is 490 g/mol. The molecule has 0 spiro atoms. The van der Waals surface area contributed by atoms with Crippen molar-refractivity contribution in [3.63, 3.8) is 0 Å². The zero-order valence-corrected chi connectivity index (χ0v) is 18.2. The Morgan fingerprint density at radius 3 is 2.52 bits per heavy atom. The maximum absolute atomic E-state index is 13.3. The fourth-order valence-electron chi connectivity index (χ4n) is 3.10. The second-order valence-electron chi connectivity index (χ2n) is 7.20. The van der Waals surface area contributed by atoms with Crippen molar-refractivity contribution in [2.75, 3.05) is 7.11 Å². The number of methoxy groups -OCH3 is 1. The first-order valence-corrected chi connectivity index (χ1v) is 10.3. The summed E-state index contributed by atoms with van der Waals surface area (Å²) >= 11 is 0.639. The van der Waals surface area contributed by atoms with Crippen LogP contribution in [0.4, 0.5) is 22.0 Å². The van der Waals surface area contributed by atoms with E-state index in [9.17, 15) is 32.3 Å². The number of rotatable bonds is 8. The predicted molar refractivity (Wildman–Crippen MR) is 108 cm³/mol. The van der Waals surface area contributed by atoms with E-state index in [1.54, 1.807) is 12.1 Å². The Labute approximate surface area is 189 Å². The van der Waals surface area contributed by atoms with E-state index in [1.807, 2.05) is 0 Å². The van der Waals surface area contributed by atoms with Gasteiger partial charge in [-0.15, -0.1) is 11.3 Å². The molecule has 178 valence electrons. The summed E-state index contributed by atoms with van der Waals surface area (Å²) in [5.41, 5.74) is -2.40. The number of alkyl halides is 5. The van der Waals surface area contributed by atoms with Crippen LogP contribution in [0.3, 0.4) is 0 Å². The van der Waals surface area contributed by atoms with Gasteiger partial charge < -0.3 is 19.8 Å². The molecule has 1 aromatic carbocycles. The van der Waals surface area contributed by atoms with Gasteiger partial charge in [-0.3, -0.25) is 0 Å². The van der Waals surface area contributed by atoms with Crippen LogP contribution >= 0.6 is 11.3 Å². The van der Waals surface area contributed by atoms with Gasteiger partial charge in [0, 0.05) is 35.5 Å². The Kier molecular flexibility index (Phi) is 7.08. The van der Waals surface area contributed by atoms with Gasteiger partial charge in [0.05, 0.1) is 7.11 Å². The van der Waals surface area contributed by atoms with E-state index in [0.29, 0.717) is 39.1 Å². The molecule has 0 radical (unpaired) electrons. The summed E-state index contributed by atoms with van der Waals surface area (Å²) in [5.74, 6) is -0.941. The van der Waals surface area contributed by atoms with Crippen molar-refractivity contribution in [3.05, 3.63) is 75.1 Å². The number of hydrogen-bond donors (Lipinski definition) is 1. The minimum absolute atomic E-state index is 0.0205. The molecule has 6 nitrogen and oxygen atoms in total. The molecule has 2 unspecified atom stereocenters. The Morgan fingerprint density at radius 2 is 1.91 bits per heavy atom. The quantitative estimate of drug-likeness (QED) is 0.285. The molecule has 2 heterocycles. The summed E-state index contributed by atoms with van der Waals surface area (Å²) in [7, 11) is 1.25. The lowest BCUT2D eigenvalue weighted by Crippen LogP contribution is -2.39. The summed E-state index contributed by atoms with van der Waals surface area (Å²) in [6.45, 7) is -2.48. The van der Waals surface area contributed by atoms with E-state index in [0.717, 1.165) is 0 Å². The third-order valence-corrected chi connectivity index (χ3v) is 6.28. The molecule has 2 atom stereocenters. The van der Waals surface area contributed by atoms with Crippen LogP contribution in [0.5, 0.6) is 11.5 Å². The summed E-state index contributed by atoms with van der Waals surface area (Å²) in [6, 6.07) is 8.81. The lowest BCUT2D eigenvalue weighted by atomic mass is 9.92. The van der Waals surface area contributed by atoms with E-state index in [1.165, 1.54) is 43.8 Å². The van der Waals surface area contributed by atoms with Gasteiger partial charge in [-0.2, -0.15) is 26.7 Å². The number of ether oxygens (including phenoxy) is 2. The highest BCUT2D eigenvalue weighted by molar-refractivity contribution is 7.11. The highest BCUT2D eigenvalue weighted by Crippen LogP contribution is 2.43. The van der Waals surface area contributed by atoms with Crippen molar-refractivity contribution in [1.29, 1.82) is 0 Å². The molecule has 33 heavy (non-hydrogen) atoms. The summed E-state index contributed by atoms with van der Waals surface area (Å²) < 4.78 is 75.3. The van der Waals surface area contributed by atoms with Crippen molar-refractivity contribution < 1.29 is 41.3 Å². The first-order valence-electron chi connectivity index (χ1n) is 9.49. The molecule has 0 amide bonds. The van der Waals surface area contributed by atoms with Crippen LogP contribution in [-0.2, 0) is 12.0 Å². The molecule has 3 rings (SSSR count). The molecule has 3 aromatic rings. The van der Waals surface area contributed by atoms with Crippen molar-refractivity contribution in [3.8, 4) is 11.5 Å². The number of aromatic nitrogens is 2. The van der Waals surface area contributed by atoms with E-state index in [4.69, 9.17) is 4.74 Å². The number of benzene rings is 1. The smallest absolute Gasteiger partial charge is 0.423 e. The van der Waals surface area contributed by atoms with E-state index >= 15 is 0 Å². The highest BCUT2D eigenvalue weighted by atomic mass is 32.1. The second-order valence-corrected chi connectivity index (χ2v) is 8.26. The zero-order chi connectivity index (χ0) is 24.4. The summed E-state index contributed by atoms with van der Waals surface area (Å²) in [6.07, 6.45) is -2.43. The standard InChI is InChI=1S/C21H19F5N2O4S/c1-20(29,21(24,25)26)18-27-11-17(33-18)14(10-13-5-3-4-8-28(13)30)12-6-7-15(32-19(22)23)16(9-12)31-2/h3-9,11,14,19,29H,10H2,1-2H3. The minimum Gasteiger partial charge on any atom is -0.619 e. The molecule has 12 heteroatoms. The normalized spacial score (nSPS) is 14.7. The van der Waals surface area contributed by atoms with Crippen molar-refractivity contribution in [2.24, 2.45) is 0 Å². The average Bonchev–Trinajstić information content (AvgIpc) is 3.23. The van der Waals surface area contributed by atoms with Crippen molar-refractivity contribution >= 4 is 11.3 Å². The van der Waals surface area contributed by atoms with Gasteiger partial charge in [-0.05, 0) is 24.6 Å². The molecular weight excluding hydrogens is 471 g/mol. The molecule has 2 aromatic heterocycles. The Hall–Kier alpha value is -2.99. The number of aliphatic hydroxyl groups is 1. The van der Waals surface area contributed by atoms with Gasteiger partial charge >= 0.3 is 12.8 Å². The molecule has 0 saturated heterocycles. The maximum atomic E-state index is 13.3. The highest BCUT2D eigenvalue weighted by Gasteiger charge is 2.53. The Bertz CT molecular complexity index is 1100. The SMILES string of the molecule is COc1cc(C(Cc2cccc[n+]2[O-])c2cnc(C(C)(O)C(F)(F)F)s2)ccc1OC(F)F. The van der Waals surface area contributed by atoms with Crippen LogP contribution in [0, 0.1) is 5.21 Å². The van der Waals surface area contributed by atoms with Crippen LogP contribution < -0.4 is 14.2 Å². The van der Waals surface area contributed by atoms with Crippen LogP contribution in [0.25, 0.3) is 0 Å². The van der Waals surface area contributed by atoms with Crippen LogP contribution in [-0.4, -0.2) is 30.0 Å². The molecule has 0 saturated carbocycles. The molecule has 0 fully saturated rings. The van der Waals surface area contributed by atoms with E-state index < -0.39 is 29.3 Å². The third kappa shape index (κ3) is 5.33. The molecular formula is C21H19F5N2O4S. The lowest BCUT2D eigenvalue weighted by Gasteiger charge is -2.23. The Morgan fingerprint density at radius 1 is 1.18 bits per heavy atom. The van der Waals surface area contributed by atoms with Gasteiger partial charge in [-0.1, -0.05) is 12.1 Å². The number of hydrogen-bond acceptors (Lipinski definition) is 6. The topological polar surface area (TPSA) is 78.5 Å².